The summed E-state index contributed by atoms with van der Waals surface area (Å²) in [7, 11) is 0. The second kappa shape index (κ2) is 2.20. The Kier molecular flexibility index (Phi) is 1.60. The van der Waals surface area contributed by atoms with E-state index in [9.17, 15) is 14.7 Å². The number of aliphatic hydroxyl groups is 1. The molecule has 11 heavy (non-hydrogen) atoms. The summed E-state index contributed by atoms with van der Waals surface area (Å²) in [5.74, 6) is -0.959. The molecule has 1 fully saturated rings. The quantitative estimate of drug-likeness (QED) is 0.394. The Morgan fingerprint density at radius 1 is 1.55 bits per heavy atom. The van der Waals surface area contributed by atoms with Crippen LogP contribution in [-0.2, 0) is 9.59 Å². The lowest BCUT2D eigenvalue weighted by Crippen LogP contribution is -2.67. The van der Waals surface area contributed by atoms with Crippen LogP contribution in [0.2, 0.25) is 0 Å². The van der Waals surface area contributed by atoms with E-state index in [0.717, 1.165) is 0 Å². The van der Waals surface area contributed by atoms with E-state index in [-0.39, 0.29) is 5.91 Å². The number of carbonyl (C=O) groups excluding carboxylic acids is 2. The molecule has 62 valence electrons. The van der Waals surface area contributed by atoms with Crippen molar-refractivity contribution in [2.24, 2.45) is 0 Å². The van der Waals surface area contributed by atoms with Crippen LogP contribution in [0.15, 0.2) is 0 Å². The molecule has 1 aliphatic heterocycles. The first-order chi connectivity index (χ1) is 4.93. The third-order valence-electron chi connectivity index (χ3n) is 1.55. The topological polar surface area (TPSA) is 78.4 Å². The normalized spacial score (nSPS) is 37.9. The van der Waals surface area contributed by atoms with Gasteiger partial charge >= 0.3 is 0 Å². The number of amides is 2. The van der Waals surface area contributed by atoms with Gasteiger partial charge in [-0.3, -0.25) is 9.59 Å². The second-order valence-electron chi connectivity index (χ2n) is 2.76. The Balaban J connectivity index is 2.79. The molecule has 3 N–H and O–H groups in total. The van der Waals surface area contributed by atoms with Crippen molar-refractivity contribution in [2.75, 3.05) is 0 Å². The fourth-order valence-corrected chi connectivity index (χ4v) is 0.808. The molecule has 5 nitrogen and oxygen atoms in total. The van der Waals surface area contributed by atoms with Gasteiger partial charge in [-0.15, -0.1) is 0 Å². The summed E-state index contributed by atoms with van der Waals surface area (Å²) >= 11 is 0. The van der Waals surface area contributed by atoms with E-state index < -0.39 is 17.7 Å². The molecule has 0 unspecified atom stereocenters. The number of nitrogens with one attached hydrogen (secondary N) is 2. The largest absolute Gasteiger partial charge is 0.363 e. The highest BCUT2D eigenvalue weighted by Crippen LogP contribution is 2.04. The zero-order valence-corrected chi connectivity index (χ0v) is 6.34. The summed E-state index contributed by atoms with van der Waals surface area (Å²) in [6.45, 7) is 2.77. The van der Waals surface area contributed by atoms with E-state index in [2.05, 4.69) is 10.6 Å². The van der Waals surface area contributed by atoms with Crippen LogP contribution in [0.5, 0.6) is 0 Å². The SMILES string of the molecule is C[C@@H]1NC(=O)[C@](C)(O)NC1=O. The lowest BCUT2D eigenvalue weighted by Gasteiger charge is -2.31. The average molecular weight is 158 g/mol. The first kappa shape index (κ1) is 8.00. The Bertz CT molecular complexity index is 212. The lowest BCUT2D eigenvalue weighted by atomic mass is 10.1. The molecule has 0 bridgehead atoms. The first-order valence-electron chi connectivity index (χ1n) is 3.29. The molecule has 0 spiro atoms. The molecule has 0 aromatic rings. The molecule has 1 heterocycles. The van der Waals surface area contributed by atoms with Crippen molar-refractivity contribution < 1.29 is 14.7 Å². The Hall–Kier alpha value is -1.10. The van der Waals surface area contributed by atoms with Gasteiger partial charge in [0.1, 0.15) is 6.04 Å². The van der Waals surface area contributed by atoms with E-state index in [1.54, 1.807) is 6.92 Å². The highest BCUT2D eigenvalue weighted by Gasteiger charge is 2.39. The van der Waals surface area contributed by atoms with Gasteiger partial charge in [0.2, 0.25) is 11.6 Å². The average Bonchev–Trinajstić information content (AvgIpc) is 1.83. The van der Waals surface area contributed by atoms with E-state index in [1.165, 1.54) is 6.92 Å². The molecule has 1 aliphatic rings. The van der Waals surface area contributed by atoms with Crippen LogP contribution in [0.4, 0.5) is 0 Å². The van der Waals surface area contributed by atoms with Crippen LogP contribution in [0.3, 0.4) is 0 Å². The van der Waals surface area contributed by atoms with Gasteiger partial charge in [0.25, 0.3) is 5.91 Å². The van der Waals surface area contributed by atoms with Crippen LogP contribution < -0.4 is 10.6 Å². The smallest absolute Gasteiger partial charge is 0.273 e. The highest BCUT2D eigenvalue weighted by molar-refractivity contribution is 5.98. The van der Waals surface area contributed by atoms with Gasteiger partial charge in [-0.2, -0.15) is 0 Å². The van der Waals surface area contributed by atoms with E-state index in [0.29, 0.717) is 0 Å². The van der Waals surface area contributed by atoms with Crippen LogP contribution in [0.1, 0.15) is 13.8 Å². The minimum atomic E-state index is -1.76. The molecule has 0 saturated carbocycles. The predicted octanol–water partition coefficient (Wildman–Crippen LogP) is -1.67. The fourth-order valence-electron chi connectivity index (χ4n) is 0.808. The Morgan fingerprint density at radius 2 is 2.09 bits per heavy atom. The molecule has 0 aliphatic carbocycles. The Morgan fingerprint density at radius 3 is 2.55 bits per heavy atom. The summed E-state index contributed by atoms with van der Waals surface area (Å²) in [5.41, 5.74) is -1.76. The van der Waals surface area contributed by atoms with Crippen molar-refractivity contribution in [3.05, 3.63) is 0 Å². The maximum Gasteiger partial charge on any atom is 0.273 e. The van der Waals surface area contributed by atoms with E-state index >= 15 is 0 Å². The molecule has 0 aromatic heterocycles. The zero-order chi connectivity index (χ0) is 8.65. The summed E-state index contributed by atoms with van der Waals surface area (Å²) in [4.78, 5) is 21.8. The minimum absolute atomic E-state index is 0.380. The number of hydrogen-bond donors (Lipinski definition) is 3. The molecule has 1 rings (SSSR count). The monoisotopic (exact) mass is 158 g/mol. The van der Waals surface area contributed by atoms with Gasteiger partial charge in [-0.1, -0.05) is 0 Å². The van der Waals surface area contributed by atoms with Crippen LogP contribution in [0, 0.1) is 0 Å². The summed E-state index contributed by atoms with van der Waals surface area (Å²) < 4.78 is 0. The van der Waals surface area contributed by atoms with Crippen molar-refractivity contribution in [2.45, 2.75) is 25.6 Å². The van der Waals surface area contributed by atoms with Gasteiger partial charge in [-0.05, 0) is 13.8 Å². The van der Waals surface area contributed by atoms with Gasteiger partial charge in [0.05, 0.1) is 0 Å². The van der Waals surface area contributed by atoms with Gasteiger partial charge in [0.15, 0.2) is 0 Å². The fraction of sp³-hybridized carbons (Fsp3) is 0.667. The zero-order valence-electron chi connectivity index (χ0n) is 6.34. The highest BCUT2D eigenvalue weighted by atomic mass is 16.3. The van der Waals surface area contributed by atoms with Gasteiger partial charge in [0, 0.05) is 0 Å². The van der Waals surface area contributed by atoms with Crippen molar-refractivity contribution in [1.29, 1.82) is 0 Å². The maximum atomic E-state index is 10.9. The van der Waals surface area contributed by atoms with Crippen molar-refractivity contribution in [3.8, 4) is 0 Å². The third-order valence-corrected chi connectivity index (χ3v) is 1.55. The van der Waals surface area contributed by atoms with Crippen molar-refractivity contribution >= 4 is 11.8 Å². The maximum absolute atomic E-state index is 10.9. The Labute approximate surface area is 63.8 Å². The molecule has 2 atom stereocenters. The third kappa shape index (κ3) is 1.32. The number of carbonyl (C=O) groups is 2. The second-order valence-corrected chi connectivity index (χ2v) is 2.76. The van der Waals surface area contributed by atoms with Crippen molar-refractivity contribution in [1.82, 2.24) is 10.6 Å². The summed E-state index contributed by atoms with van der Waals surface area (Å²) in [6.07, 6.45) is 0. The summed E-state index contributed by atoms with van der Waals surface area (Å²) in [6, 6.07) is -0.567. The molecular weight excluding hydrogens is 148 g/mol. The van der Waals surface area contributed by atoms with Crippen LogP contribution in [-0.4, -0.2) is 28.7 Å². The van der Waals surface area contributed by atoms with Crippen LogP contribution in [0.25, 0.3) is 0 Å². The predicted molar refractivity (Wildman–Crippen MR) is 36.4 cm³/mol. The molecule has 1 saturated heterocycles. The lowest BCUT2D eigenvalue weighted by molar-refractivity contribution is -0.154. The number of piperazine rings is 1. The first-order valence-corrected chi connectivity index (χ1v) is 3.29. The van der Waals surface area contributed by atoms with E-state index in [4.69, 9.17) is 0 Å². The molecular formula is C6H10N2O3. The molecule has 5 heteroatoms. The number of hydrogen-bond acceptors (Lipinski definition) is 3. The van der Waals surface area contributed by atoms with Crippen molar-refractivity contribution in [3.63, 3.8) is 0 Å². The standard InChI is InChI=1S/C6H10N2O3/c1-3-4(9)8-6(2,11)5(10)7-3/h3,11H,1-2H3,(H,7,10)(H,8,9)/t3-,6-/m0/s1. The minimum Gasteiger partial charge on any atom is -0.363 e. The summed E-state index contributed by atoms with van der Waals surface area (Å²) in [5, 5.41) is 13.7. The van der Waals surface area contributed by atoms with Gasteiger partial charge < -0.3 is 15.7 Å². The molecule has 0 radical (unpaired) electrons. The molecule has 0 aromatic carbocycles. The molecule has 2 amide bonds. The number of rotatable bonds is 0. The van der Waals surface area contributed by atoms with Gasteiger partial charge in [-0.25, -0.2) is 0 Å². The van der Waals surface area contributed by atoms with E-state index in [1.807, 2.05) is 0 Å². The van der Waals surface area contributed by atoms with Crippen LogP contribution >= 0.6 is 0 Å².